The lowest BCUT2D eigenvalue weighted by Crippen LogP contribution is -2.23. The van der Waals surface area contributed by atoms with Gasteiger partial charge in [0, 0.05) is 6.54 Å². The standard InChI is InChI=1S/C12H15NO2/c14-12(15)13-7-6-9-4-5-10-2-1-3-11(10)8-9/h4-5,8,13H,1-3,6-7H2,(H,14,15). The lowest BCUT2D eigenvalue weighted by Gasteiger charge is -2.04. The smallest absolute Gasteiger partial charge is 0.404 e. The Morgan fingerprint density at radius 3 is 2.93 bits per heavy atom. The van der Waals surface area contributed by atoms with Crippen molar-refractivity contribution in [1.29, 1.82) is 0 Å². The number of fused-ring (bicyclic) bond motifs is 1. The molecule has 0 unspecified atom stereocenters. The van der Waals surface area contributed by atoms with Crippen LogP contribution in [0.2, 0.25) is 0 Å². The predicted molar refractivity (Wildman–Crippen MR) is 58.2 cm³/mol. The Morgan fingerprint density at radius 1 is 1.33 bits per heavy atom. The zero-order valence-electron chi connectivity index (χ0n) is 8.62. The molecule has 0 heterocycles. The summed E-state index contributed by atoms with van der Waals surface area (Å²) < 4.78 is 0. The van der Waals surface area contributed by atoms with Gasteiger partial charge >= 0.3 is 6.09 Å². The monoisotopic (exact) mass is 205 g/mol. The molecule has 0 fully saturated rings. The van der Waals surface area contributed by atoms with Gasteiger partial charge in [-0.05, 0) is 42.4 Å². The number of hydrogen-bond acceptors (Lipinski definition) is 1. The van der Waals surface area contributed by atoms with E-state index in [1.807, 2.05) is 0 Å². The van der Waals surface area contributed by atoms with Crippen molar-refractivity contribution in [2.24, 2.45) is 0 Å². The number of rotatable bonds is 3. The topological polar surface area (TPSA) is 49.3 Å². The molecule has 0 spiro atoms. The number of carboxylic acid groups (broad SMARTS) is 1. The third-order valence-electron chi connectivity index (χ3n) is 2.85. The van der Waals surface area contributed by atoms with E-state index in [9.17, 15) is 4.79 Å². The van der Waals surface area contributed by atoms with Crippen molar-refractivity contribution in [3.05, 3.63) is 34.9 Å². The second kappa shape index (κ2) is 4.34. The molecule has 80 valence electrons. The van der Waals surface area contributed by atoms with Crippen LogP contribution in [0.4, 0.5) is 4.79 Å². The van der Waals surface area contributed by atoms with E-state index in [2.05, 4.69) is 23.5 Å². The molecule has 1 aliphatic carbocycles. The van der Waals surface area contributed by atoms with Crippen molar-refractivity contribution in [3.8, 4) is 0 Å². The molecule has 0 atom stereocenters. The summed E-state index contributed by atoms with van der Waals surface area (Å²) in [7, 11) is 0. The lowest BCUT2D eigenvalue weighted by atomic mass is 10.0. The van der Waals surface area contributed by atoms with Gasteiger partial charge in [-0.3, -0.25) is 0 Å². The summed E-state index contributed by atoms with van der Waals surface area (Å²) in [5.41, 5.74) is 4.14. The molecule has 3 nitrogen and oxygen atoms in total. The first kappa shape index (κ1) is 10.0. The molecular formula is C12H15NO2. The van der Waals surface area contributed by atoms with E-state index in [4.69, 9.17) is 5.11 Å². The van der Waals surface area contributed by atoms with Gasteiger partial charge in [-0.15, -0.1) is 0 Å². The normalized spacial score (nSPS) is 13.6. The van der Waals surface area contributed by atoms with Crippen LogP contribution in [0, 0.1) is 0 Å². The van der Waals surface area contributed by atoms with E-state index in [0.717, 1.165) is 6.42 Å². The Bertz CT molecular complexity index is 374. The van der Waals surface area contributed by atoms with Crippen molar-refractivity contribution in [2.75, 3.05) is 6.54 Å². The van der Waals surface area contributed by atoms with E-state index in [0.29, 0.717) is 6.54 Å². The van der Waals surface area contributed by atoms with E-state index in [1.165, 1.54) is 36.0 Å². The van der Waals surface area contributed by atoms with Crippen LogP contribution in [0.15, 0.2) is 18.2 Å². The Balaban J connectivity index is 1.95. The van der Waals surface area contributed by atoms with Gasteiger partial charge in [-0.1, -0.05) is 18.2 Å². The summed E-state index contributed by atoms with van der Waals surface area (Å²) in [6.07, 6.45) is 3.46. The highest BCUT2D eigenvalue weighted by Crippen LogP contribution is 2.22. The van der Waals surface area contributed by atoms with E-state index in [1.54, 1.807) is 0 Å². The van der Waals surface area contributed by atoms with Crippen LogP contribution in [-0.2, 0) is 19.3 Å². The molecule has 0 bridgehead atoms. The highest BCUT2D eigenvalue weighted by Gasteiger charge is 2.10. The summed E-state index contributed by atoms with van der Waals surface area (Å²) >= 11 is 0. The van der Waals surface area contributed by atoms with Crippen molar-refractivity contribution < 1.29 is 9.90 Å². The molecule has 1 aromatic carbocycles. The highest BCUT2D eigenvalue weighted by atomic mass is 16.4. The second-order valence-corrected chi connectivity index (χ2v) is 3.94. The minimum absolute atomic E-state index is 0.494. The SMILES string of the molecule is O=C(O)NCCc1ccc2c(c1)CCC2. The molecular weight excluding hydrogens is 190 g/mol. The number of amides is 1. The van der Waals surface area contributed by atoms with Crippen LogP contribution in [0.1, 0.15) is 23.1 Å². The molecule has 0 aromatic heterocycles. The zero-order chi connectivity index (χ0) is 10.7. The fraction of sp³-hybridized carbons (Fsp3) is 0.417. The van der Waals surface area contributed by atoms with E-state index >= 15 is 0 Å². The van der Waals surface area contributed by atoms with E-state index < -0.39 is 6.09 Å². The fourth-order valence-corrected chi connectivity index (χ4v) is 2.09. The third-order valence-corrected chi connectivity index (χ3v) is 2.85. The van der Waals surface area contributed by atoms with Crippen LogP contribution in [0.3, 0.4) is 0 Å². The largest absolute Gasteiger partial charge is 0.465 e. The van der Waals surface area contributed by atoms with Gasteiger partial charge in [0.25, 0.3) is 0 Å². The fourth-order valence-electron chi connectivity index (χ4n) is 2.09. The third kappa shape index (κ3) is 2.49. The number of carbonyl (C=O) groups is 1. The summed E-state index contributed by atoms with van der Waals surface area (Å²) in [5.74, 6) is 0. The molecule has 0 radical (unpaired) electrons. The van der Waals surface area contributed by atoms with Crippen molar-refractivity contribution >= 4 is 6.09 Å². The minimum atomic E-state index is -0.948. The van der Waals surface area contributed by atoms with Crippen molar-refractivity contribution in [2.45, 2.75) is 25.7 Å². The number of aryl methyl sites for hydroxylation is 2. The Kier molecular flexibility index (Phi) is 2.90. The molecule has 1 aliphatic rings. The molecule has 2 N–H and O–H groups in total. The van der Waals surface area contributed by atoms with Gasteiger partial charge in [0.2, 0.25) is 0 Å². The van der Waals surface area contributed by atoms with E-state index in [-0.39, 0.29) is 0 Å². The number of nitrogens with one attached hydrogen (secondary N) is 1. The van der Waals surface area contributed by atoms with Gasteiger partial charge in [0.15, 0.2) is 0 Å². The molecule has 1 aromatic rings. The van der Waals surface area contributed by atoms with Gasteiger partial charge in [0.1, 0.15) is 0 Å². The first-order chi connectivity index (χ1) is 7.25. The summed E-state index contributed by atoms with van der Waals surface area (Å²) in [6, 6.07) is 6.50. The zero-order valence-corrected chi connectivity index (χ0v) is 8.62. The molecule has 0 aliphatic heterocycles. The molecule has 0 saturated carbocycles. The quantitative estimate of drug-likeness (QED) is 0.792. The molecule has 1 amide bonds. The predicted octanol–water partition coefficient (Wildman–Crippen LogP) is 1.99. The van der Waals surface area contributed by atoms with Crippen molar-refractivity contribution in [3.63, 3.8) is 0 Å². The Morgan fingerprint density at radius 2 is 2.13 bits per heavy atom. The average Bonchev–Trinajstić information content (AvgIpc) is 2.64. The maximum Gasteiger partial charge on any atom is 0.404 e. The summed E-state index contributed by atoms with van der Waals surface area (Å²) in [4.78, 5) is 10.3. The summed E-state index contributed by atoms with van der Waals surface area (Å²) in [5, 5.41) is 10.8. The van der Waals surface area contributed by atoms with Gasteiger partial charge in [0.05, 0.1) is 0 Å². The van der Waals surface area contributed by atoms with Gasteiger partial charge < -0.3 is 10.4 Å². The van der Waals surface area contributed by atoms with Crippen molar-refractivity contribution in [1.82, 2.24) is 5.32 Å². The average molecular weight is 205 g/mol. The second-order valence-electron chi connectivity index (χ2n) is 3.94. The highest BCUT2D eigenvalue weighted by molar-refractivity contribution is 5.64. The molecule has 2 rings (SSSR count). The van der Waals surface area contributed by atoms with Crippen LogP contribution in [0.25, 0.3) is 0 Å². The molecule has 0 saturated heterocycles. The van der Waals surface area contributed by atoms with Gasteiger partial charge in [-0.2, -0.15) is 0 Å². The Labute approximate surface area is 89.1 Å². The van der Waals surface area contributed by atoms with Crippen LogP contribution in [-0.4, -0.2) is 17.7 Å². The maximum atomic E-state index is 10.3. The van der Waals surface area contributed by atoms with Crippen LogP contribution < -0.4 is 5.32 Å². The summed E-state index contributed by atoms with van der Waals surface area (Å²) in [6.45, 7) is 0.494. The number of hydrogen-bond donors (Lipinski definition) is 2. The van der Waals surface area contributed by atoms with Crippen LogP contribution >= 0.6 is 0 Å². The lowest BCUT2D eigenvalue weighted by molar-refractivity contribution is 0.194. The van der Waals surface area contributed by atoms with Gasteiger partial charge in [-0.25, -0.2) is 4.79 Å². The first-order valence-electron chi connectivity index (χ1n) is 5.33. The Hall–Kier alpha value is -1.51. The van der Waals surface area contributed by atoms with Crippen LogP contribution in [0.5, 0.6) is 0 Å². The first-order valence-corrected chi connectivity index (χ1v) is 5.33. The number of benzene rings is 1. The molecule has 15 heavy (non-hydrogen) atoms. The molecule has 3 heteroatoms. The maximum absolute atomic E-state index is 10.3. The minimum Gasteiger partial charge on any atom is -0.465 e.